The quantitative estimate of drug-likeness (QED) is 0.0774. The molecule has 0 saturated carbocycles. The Hall–Kier alpha value is -0.636. The lowest BCUT2D eigenvalue weighted by atomic mass is 10.2. The maximum Gasteiger partial charge on any atom is 0.333 e. The van der Waals surface area contributed by atoms with Crippen molar-refractivity contribution in [2.75, 3.05) is 52.8 Å². The topological polar surface area (TPSA) is 130 Å². The van der Waals surface area contributed by atoms with E-state index in [1.54, 1.807) is 6.92 Å². The molecule has 9 nitrogen and oxygen atoms in total. The Labute approximate surface area is 242 Å². The summed E-state index contributed by atoms with van der Waals surface area (Å²) in [5.74, 6) is -0.430. The predicted octanol–water partition coefficient (Wildman–Crippen LogP) is 4.14. The molecular formula is C28H63NO8Si2. The van der Waals surface area contributed by atoms with Crippen molar-refractivity contribution in [2.45, 2.75) is 110 Å². The lowest BCUT2D eigenvalue weighted by molar-refractivity contribution is -0.140. The van der Waals surface area contributed by atoms with Gasteiger partial charge < -0.3 is 39.3 Å². The van der Waals surface area contributed by atoms with Crippen LogP contribution in [0.5, 0.6) is 0 Å². The minimum atomic E-state index is -1.26. The standard InChI is InChI=1S/C14H35NO3Si2.C12H22O5.C2H6/c1-14(2,18-19(3)4)12-20(5,6)9-7-8-17-11-13(16)10-15;1-4-5-15-8-11(13)9-16-6-7-17-12(14)10(2)3;1-2/h13,16,19H,7-12,15H2,1-6H3;11,13H,2,4-9H2,1,3H3;1-2H3. The summed E-state index contributed by atoms with van der Waals surface area (Å²) in [6.07, 6.45) is 0.817. The predicted molar refractivity (Wildman–Crippen MR) is 167 cm³/mol. The fraction of sp³-hybridized carbons (Fsp3) is 0.893. The zero-order valence-electron chi connectivity index (χ0n) is 26.8. The minimum absolute atomic E-state index is 0.0205. The molecule has 0 saturated heterocycles. The van der Waals surface area contributed by atoms with E-state index in [2.05, 4.69) is 46.6 Å². The average Bonchev–Trinajstić information content (AvgIpc) is 2.83. The van der Waals surface area contributed by atoms with E-state index in [0.717, 1.165) is 12.8 Å². The maximum atomic E-state index is 11.0. The molecule has 0 amide bonds. The first-order valence-electron chi connectivity index (χ1n) is 14.5. The van der Waals surface area contributed by atoms with Crippen LogP contribution in [0.25, 0.3) is 0 Å². The van der Waals surface area contributed by atoms with Gasteiger partial charge in [0.25, 0.3) is 0 Å². The number of carbonyl (C=O) groups is 1. The molecule has 4 N–H and O–H groups in total. The summed E-state index contributed by atoms with van der Waals surface area (Å²) < 4.78 is 26.7. The van der Waals surface area contributed by atoms with Gasteiger partial charge in [-0.3, -0.25) is 0 Å². The van der Waals surface area contributed by atoms with Crippen LogP contribution in [0.1, 0.15) is 54.4 Å². The van der Waals surface area contributed by atoms with Crippen LogP contribution < -0.4 is 5.73 Å². The zero-order valence-corrected chi connectivity index (χ0v) is 29.0. The lowest BCUT2D eigenvalue weighted by Crippen LogP contribution is -2.40. The number of nitrogens with two attached hydrogens (primary N) is 1. The second kappa shape index (κ2) is 26.3. The van der Waals surface area contributed by atoms with E-state index in [9.17, 15) is 15.0 Å². The molecule has 0 aromatic heterocycles. The van der Waals surface area contributed by atoms with Gasteiger partial charge in [0.1, 0.15) is 12.7 Å². The monoisotopic (exact) mass is 597 g/mol. The van der Waals surface area contributed by atoms with E-state index in [-0.39, 0.29) is 38.6 Å². The SMILES string of the molecule is C=C(C)C(=O)OCCOCC(O)COCCC.CC.C[SiH](C)OC(C)(C)C[Si](C)(C)CCCOCC(O)CN. The molecule has 39 heavy (non-hydrogen) atoms. The molecule has 0 aliphatic heterocycles. The van der Waals surface area contributed by atoms with Crippen molar-refractivity contribution in [1.29, 1.82) is 0 Å². The number of esters is 1. The van der Waals surface area contributed by atoms with E-state index in [1.807, 2.05) is 20.8 Å². The first kappa shape index (κ1) is 42.8. The fourth-order valence-electron chi connectivity index (χ4n) is 3.81. The molecule has 0 rings (SSSR count). The van der Waals surface area contributed by atoms with Crippen molar-refractivity contribution < 1.29 is 38.4 Å². The Bertz CT molecular complexity index is 592. The number of hydrogen-bond acceptors (Lipinski definition) is 9. The number of aliphatic hydroxyl groups excluding tert-OH is 2. The summed E-state index contributed by atoms with van der Waals surface area (Å²) in [6, 6.07) is 2.43. The van der Waals surface area contributed by atoms with E-state index < -0.39 is 35.3 Å². The Kier molecular flexibility index (Phi) is 28.9. The minimum Gasteiger partial charge on any atom is -0.460 e. The van der Waals surface area contributed by atoms with Gasteiger partial charge in [-0.15, -0.1) is 0 Å². The third-order valence-electron chi connectivity index (χ3n) is 4.96. The Morgan fingerprint density at radius 1 is 0.974 bits per heavy atom. The van der Waals surface area contributed by atoms with Gasteiger partial charge in [0, 0.05) is 30.9 Å². The van der Waals surface area contributed by atoms with Crippen molar-refractivity contribution in [2.24, 2.45) is 5.73 Å². The number of carbonyl (C=O) groups excluding carboxylic acids is 1. The number of hydrogen-bond donors (Lipinski definition) is 3. The smallest absolute Gasteiger partial charge is 0.333 e. The number of ether oxygens (including phenoxy) is 4. The van der Waals surface area contributed by atoms with Gasteiger partial charge >= 0.3 is 5.97 Å². The van der Waals surface area contributed by atoms with E-state index >= 15 is 0 Å². The molecule has 2 atom stereocenters. The molecule has 0 radical (unpaired) electrons. The van der Waals surface area contributed by atoms with Crippen LogP contribution in [0.4, 0.5) is 0 Å². The van der Waals surface area contributed by atoms with E-state index in [1.165, 1.54) is 12.1 Å². The Morgan fingerprint density at radius 2 is 1.49 bits per heavy atom. The highest BCUT2D eigenvalue weighted by molar-refractivity contribution is 6.77. The van der Waals surface area contributed by atoms with Gasteiger partial charge in [-0.1, -0.05) is 46.5 Å². The van der Waals surface area contributed by atoms with Crippen LogP contribution in [0.15, 0.2) is 12.2 Å². The highest BCUT2D eigenvalue weighted by Gasteiger charge is 2.31. The summed E-state index contributed by atoms with van der Waals surface area (Å²) in [5, 5.41) is 18.7. The zero-order chi connectivity index (χ0) is 30.9. The van der Waals surface area contributed by atoms with Crippen molar-refractivity contribution in [3.05, 3.63) is 12.2 Å². The first-order valence-corrected chi connectivity index (χ1v) is 20.6. The summed E-state index contributed by atoms with van der Waals surface area (Å²) in [4.78, 5) is 11.0. The first-order chi connectivity index (χ1) is 18.2. The highest BCUT2D eigenvalue weighted by atomic mass is 28.3. The molecule has 2 unspecified atom stereocenters. The molecule has 0 fully saturated rings. The van der Waals surface area contributed by atoms with Crippen molar-refractivity contribution >= 4 is 23.1 Å². The molecule has 0 bridgehead atoms. The molecule has 0 spiro atoms. The van der Waals surface area contributed by atoms with Gasteiger partial charge in [-0.25, -0.2) is 4.79 Å². The van der Waals surface area contributed by atoms with Gasteiger partial charge in [0.05, 0.1) is 40.6 Å². The third kappa shape index (κ3) is 31.7. The largest absolute Gasteiger partial charge is 0.460 e. The van der Waals surface area contributed by atoms with Crippen molar-refractivity contribution in [3.8, 4) is 0 Å². The number of rotatable bonds is 21. The second-order valence-electron chi connectivity index (χ2n) is 11.1. The van der Waals surface area contributed by atoms with Crippen LogP contribution in [-0.4, -0.2) is 104 Å². The summed E-state index contributed by atoms with van der Waals surface area (Å²) in [5.41, 5.74) is 5.71. The van der Waals surface area contributed by atoms with E-state index in [0.29, 0.717) is 25.4 Å². The number of aliphatic hydroxyl groups is 2. The van der Waals surface area contributed by atoms with Crippen LogP contribution in [-0.2, 0) is 28.2 Å². The second-order valence-corrected chi connectivity index (χ2v) is 18.6. The third-order valence-corrected chi connectivity index (χ3v) is 9.59. The maximum absolute atomic E-state index is 11.0. The summed E-state index contributed by atoms with van der Waals surface area (Å²) in [6.45, 7) is 27.6. The molecule has 0 heterocycles. The van der Waals surface area contributed by atoms with Crippen molar-refractivity contribution in [3.63, 3.8) is 0 Å². The van der Waals surface area contributed by atoms with Crippen LogP contribution in [0.2, 0.25) is 38.3 Å². The molecule has 0 aliphatic carbocycles. The molecule has 236 valence electrons. The van der Waals surface area contributed by atoms with Gasteiger partial charge in [-0.05, 0) is 52.8 Å². The van der Waals surface area contributed by atoms with Crippen LogP contribution >= 0.6 is 0 Å². The van der Waals surface area contributed by atoms with Crippen molar-refractivity contribution in [1.82, 2.24) is 0 Å². The molecule has 0 aliphatic rings. The molecular weight excluding hydrogens is 534 g/mol. The summed E-state index contributed by atoms with van der Waals surface area (Å²) in [7, 11) is -2.24. The molecule has 11 heteroatoms. The normalized spacial score (nSPS) is 13.1. The Morgan fingerprint density at radius 3 is 1.97 bits per heavy atom. The van der Waals surface area contributed by atoms with Gasteiger partial charge in [-0.2, -0.15) is 0 Å². The summed E-state index contributed by atoms with van der Waals surface area (Å²) >= 11 is 0. The Balaban J connectivity index is -0.000000632. The fourth-order valence-corrected chi connectivity index (χ4v) is 9.00. The molecule has 0 aromatic carbocycles. The van der Waals surface area contributed by atoms with Crippen LogP contribution in [0, 0.1) is 0 Å². The van der Waals surface area contributed by atoms with E-state index in [4.69, 9.17) is 29.1 Å². The van der Waals surface area contributed by atoms with Gasteiger partial charge in [0.2, 0.25) is 0 Å². The highest BCUT2D eigenvalue weighted by Crippen LogP contribution is 2.28. The average molecular weight is 598 g/mol. The lowest BCUT2D eigenvalue weighted by Gasteiger charge is -2.35. The van der Waals surface area contributed by atoms with Gasteiger partial charge in [0.15, 0.2) is 9.04 Å². The molecule has 0 aromatic rings. The van der Waals surface area contributed by atoms with Crippen LogP contribution in [0.3, 0.4) is 0 Å².